The normalized spacial score (nSPS) is 9.22. The Balaban J connectivity index is 3.46. The summed E-state index contributed by atoms with van der Waals surface area (Å²) in [7, 11) is 0. The van der Waals surface area contributed by atoms with Gasteiger partial charge in [-0.1, -0.05) is 11.4 Å². The van der Waals surface area contributed by atoms with E-state index in [-0.39, 0.29) is 11.7 Å². The minimum Gasteiger partial charge on any atom is -0.272 e. The van der Waals surface area contributed by atoms with Crippen LogP contribution in [0.25, 0.3) is 0 Å². The zero-order chi connectivity index (χ0) is 7.28. The van der Waals surface area contributed by atoms with Gasteiger partial charge in [0.15, 0.2) is 0 Å². The van der Waals surface area contributed by atoms with E-state index in [1.165, 1.54) is 0 Å². The summed E-state index contributed by atoms with van der Waals surface area (Å²) in [5, 5.41) is 0.240. The number of rotatable bonds is 3. The maximum atomic E-state index is 12.2. The summed E-state index contributed by atoms with van der Waals surface area (Å²) >= 11 is 0. The van der Waals surface area contributed by atoms with Gasteiger partial charge in [0.1, 0.15) is 0 Å². The Labute approximate surface area is 54.6 Å². The highest BCUT2D eigenvalue weighted by molar-refractivity contribution is 5.74. The van der Waals surface area contributed by atoms with Crippen molar-refractivity contribution in [1.29, 1.82) is 0 Å². The van der Waals surface area contributed by atoms with Crippen molar-refractivity contribution >= 4 is 5.91 Å². The minimum absolute atomic E-state index is 0.152. The predicted octanol–water partition coefficient (Wildman–Crippen LogP) is 1.52. The van der Waals surface area contributed by atoms with E-state index in [9.17, 15) is 9.28 Å². The molecule has 0 aromatic carbocycles. The average molecular weight is 133 g/mol. The monoisotopic (exact) mass is 133 g/mol. The zero-order valence-corrected chi connectivity index (χ0v) is 5.85. The molecule has 0 atom stereocenters. The van der Waals surface area contributed by atoms with E-state index >= 15 is 0 Å². The maximum Gasteiger partial charge on any atom is 0.250 e. The quantitative estimate of drug-likeness (QED) is 0.534. The highest BCUT2D eigenvalue weighted by Crippen LogP contribution is 1.96. The number of halogens is 1. The standard InChI is InChI=1S/C6H12FNO/c1-3-5-6(9)8(7)4-2/h3-5H2,1-2H3. The lowest BCUT2D eigenvalue weighted by Gasteiger charge is -2.06. The number of carbonyl (C=O) groups excluding carboxylic acids is 1. The molecule has 3 heteroatoms. The number of hydrogen-bond donors (Lipinski definition) is 0. The molecular formula is C6H12FNO. The molecule has 0 radical (unpaired) electrons. The molecule has 9 heavy (non-hydrogen) atoms. The lowest BCUT2D eigenvalue weighted by molar-refractivity contribution is -0.145. The molecule has 0 heterocycles. The van der Waals surface area contributed by atoms with E-state index in [1.54, 1.807) is 6.92 Å². The Morgan fingerprint density at radius 1 is 1.56 bits per heavy atom. The van der Waals surface area contributed by atoms with Crippen molar-refractivity contribution in [2.75, 3.05) is 6.54 Å². The largest absolute Gasteiger partial charge is 0.272 e. The third-order valence-corrected chi connectivity index (χ3v) is 1.01. The van der Waals surface area contributed by atoms with Gasteiger partial charge in [0.05, 0.1) is 6.54 Å². The zero-order valence-electron chi connectivity index (χ0n) is 5.85. The maximum absolute atomic E-state index is 12.2. The van der Waals surface area contributed by atoms with Crippen LogP contribution in [-0.2, 0) is 4.79 Å². The number of amides is 1. The molecule has 54 valence electrons. The van der Waals surface area contributed by atoms with Gasteiger partial charge in [0.2, 0.25) is 5.91 Å². The number of carbonyl (C=O) groups is 1. The van der Waals surface area contributed by atoms with Crippen molar-refractivity contribution in [3.05, 3.63) is 0 Å². The molecule has 0 saturated heterocycles. The van der Waals surface area contributed by atoms with Gasteiger partial charge in [-0.15, -0.1) is 0 Å². The van der Waals surface area contributed by atoms with Crippen LogP contribution in [-0.4, -0.2) is 17.6 Å². The summed E-state index contributed by atoms with van der Waals surface area (Å²) in [5.41, 5.74) is 0. The summed E-state index contributed by atoms with van der Waals surface area (Å²) in [6.07, 6.45) is 1.02. The van der Waals surface area contributed by atoms with E-state index in [1.807, 2.05) is 6.92 Å². The van der Waals surface area contributed by atoms with Crippen LogP contribution >= 0.6 is 0 Å². The smallest absolute Gasteiger partial charge is 0.250 e. The fourth-order valence-electron chi connectivity index (χ4n) is 0.512. The molecule has 0 aliphatic heterocycles. The van der Waals surface area contributed by atoms with Gasteiger partial charge in [0, 0.05) is 6.42 Å². The van der Waals surface area contributed by atoms with Crippen molar-refractivity contribution in [3.8, 4) is 0 Å². The van der Waals surface area contributed by atoms with Gasteiger partial charge in [-0.25, -0.2) is 0 Å². The van der Waals surface area contributed by atoms with E-state index in [2.05, 4.69) is 0 Å². The van der Waals surface area contributed by atoms with Crippen molar-refractivity contribution in [1.82, 2.24) is 5.12 Å². The third-order valence-electron chi connectivity index (χ3n) is 1.01. The van der Waals surface area contributed by atoms with Gasteiger partial charge < -0.3 is 0 Å². The lowest BCUT2D eigenvalue weighted by atomic mass is 10.3. The molecule has 0 aromatic heterocycles. The van der Waals surface area contributed by atoms with Crippen LogP contribution in [0.1, 0.15) is 26.7 Å². The van der Waals surface area contributed by atoms with Gasteiger partial charge in [-0.3, -0.25) is 4.79 Å². The van der Waals surface area contributed by atoms with Crippen molar-refractivity contribution in [2.24, 2.45) is 0 Å². The topological polar surface area (TPSA) is 20.3 Å². The van der Waals surface area contributed by atoms with Crippen LogP contribution in [0.3, 0.4) is 0 Å². The second-order valence-electron chi connectivity index (χ2n) is 1.82. The summed E-state index contributed by atoms with van der Waals surface area (Å²) < 4.78 is 12.2. The first-order valence-electron chi connectivity index (χ1n) is 3.18. The fourth-order valence-corrected chi connectivity index (χ4v) is 0.512. The molecule has 0 aromatic rings. The van der Waals surface area contributed by atoms with Crippen molar-refractivity contribution in [2.45, 2.75) is 26.7 Å². The molecular weight excluding hydrogens is 121 g/mol. The number of nitrogens with zero attached hydrogens (tertiary/aromatic N) is 1. The van der Waals surface area contributed by atoms with Gasteiger partial charge in [-0.05, 0) is 13.3 Å². The van der Waals surface area contributed by atoms with Crippen molar-refractivity contribution < 1.29 is 9.28 Å². The number of hydrogen-bond acceptors (Lipinski definition) is 1. The first-order chi connectivity index (χ1) is 4.22. The summed E-state index contributed by atoms with van der Waals surface area (Å²) in [4.78, 5) is 10.5. The molecule has 0 aliphatic rings. The molecule has 0 fully saturated rings. The highest BCUT2D eigenvalue weighted by Gasteiger charge is 2.06. The second kappa shape index (κ2) is 4.30. The first-order valence-corrected chi connectivity index (χ1v) is 3.18. The molecule has 0 N–H and O–H groups in total. The average Bonchev–Trinajstić information content (AvgIpc) is 1.87. The Kier molecular flexibility index (Phi) is 4.01. The first kappa shape index (κ1) is 8.40. The van der Waals surface area contributed by atoms with Gasteiger partial charge in [-0.2, -0.15) is 5.12 Å². The Morgan fingerprint density at radius 2 is 2.11 bits per heavy atom. The van der Waals surface area contributed by atoms with Gasteiger partial charge in [0.25, 0.3) is 0 Å². The Bertz CT molecular complexity index is 95.1. The molecule has 1 amide bonds. The van der Waals surface area contributed by atoms with Crippen LogP contribution in [0, 0.1) is 0 Å². The molecule has 0 spiro atoms. The molecule has 2 nitrogen and oxygen atoms in total. The van der Waals surface area contributed by atoms with Crippen LogP contribution in [0.4, 0.5) is 4.48 Å². The molecule has 0 saturated carbocycles. The Hall–Kier alpha value is -0.600. The molecule has 0 unspecified atom stereocenters. The van der Waals surface area contributed by atoms with Crippen LogP contribution in [0.15, 0.2) is 0 Å². The predicted molar refractivity (Wildman–Crippen MR) is 33.4 cm³/mol. The SMILES string of the molecule is CCCC(=O)N(F)CC. The van der Waals surface area contributed by atoms with Crippen LogP contribution in [0.5, 0.6) is 0 Å². The lowest BCUT2D eigenvalue weighted by Crippen LogP contribution is -2.21. The fraction of sp³-hybridized carbons (Fsp3) is 0.833. The Morgan fingerprint density at radius 3 is 2.44 bits per heavy atom. The van der Waals surface area contributed by atoms with Gasteiger partial charge >= 0.3 is 0 Å². The minimum atomic E-state index is -0.417. The molecule has 0 rings (SSSR count). The van der Waals surface area contributed by atoms with E-state index < -0.39 is 5.91 Å². The summed E-state index contributed by atoms with van der Waals surface area (Å²) in [6, 6.07) is 0. The second-order valence-corrected chi connectivity index (χ2v) is 1.82. The van der Waals surface area contributed by atoms with Crippen LogP contribution < -0.4 is 0 Å². The highest BCUT2D eigenvalue weighted by atomic mass is 19.2. The van der Waals surface area contributed by atoms with E-state index in [0.29, 0.717) is 12.8 Å². The molecule has 0 bridgehead atoms. The van der Waals surface area contributed by atoms with E-state index in [0.717, 1.165) is 0 Å². The third kappa shape index (κ3) is 3.06. The molecule has 0 aliphatic carbocycles. The van der Waals surface area contributed by atoms with Crippen molar-refractivity contribution in [3.63, 3.8) is 0 Å². The van der Waals surface area contributed by atoms with Crippen LogP contribution in [0.2, 0.25) is 0 Å². The van der Waals surface area contributed by atoms with E-state index in [4.69, 9.17) is 0 Å². The summed E-state index contributed by atoms with van der Waals surface area (Å²) in [5.74, 6) is -0.417. The summed E-state index contributed by atoms with van der Waals surface area (Å²) in [6.45, 7) is 3.60.